The van der Waals surface area contributed by atoms with Crippen molar-refractivity contribution in [2.45, 2.75) is 38.4 Å². The normalized spacial score (nSPS) is 27.3. The van der Waals surface area contributed by atoms with Gasteiger partial charge in [-0.3, -0.25) is 0 Å². The standard InChI is InChI=1S/C11H16O4/c1-2-10(11(12)13)7(3-8-5-14-8)4-9-6-15-9/h8-9H,2-6H2,1H3,(H,12,13). The predicted octanol–water partition coefficient (Wildman–Crippen LogP) is 1.36. The number of carboxylic acids is 1. The second-order valence-corrected chi connectivity index (χ2v) is 4.06. The molecule has 2 atom stereocenters. The summed E-state index contributed by atoms with van der Waals surface area (Å²) in [4.78, 5) is 11.0. The molecule has 4 heteroatoms. The summed E-state index contributed by atoms with van der Waals surface area (Å²) in [6, 6.07) is 0. The number of hydrogen-bond donors (Lipinski definition) is 1. The van der Waals surface area contributed by atoms with Crippen LogP contribution >= 0.6 is 0 Å². The number of epoxide rings is 2. The van der Waals surface area contributed by atoms with E-state index < -0.39 is 5.97 Å². The Hall–Kier alpha value is -0.870. The van der Waals surface area contributed by atoms with Crippen molar-refractivity contribution in [1.29, 1.82) is 0 Å². The molecule has 2 aliphatic rings. The first-order chi connectivity index (χ1) is 7.20. The Morgan fingerprint density at radius 1 is 1.27 bits per heavy atom. The summed E-state index contributed by atoms with van der Waals surface area (Å²) < 4.78 is 10.3. The average molecular weight is 212 g/mol. The molecule has 15 heavy (non-hydrogen) atoms. The van der Waals surface area contributed by atoms with Crippen molar-refractivity contribution in [2.24, 2.45) is 0 Å². The van der Waals surface area contributed by atoms with Gasteiger partial charge in [-0.05, 0) is 19.3 Å². The molecule has 2 rings (SSSR count). The van der Waals surface area contributed by atoms with Gasteiger partial charge in [-0.2, -0.15) is 0 Å². The van der Waals surface area contributed by atoms with Crippen LogP contribution in [-0.4, -0.2) is 36.5 Å². The molecule has 2 saturated heterocycles. The molecule has 0 saturated carbocycles. The van der Waals surface area contributed by atoms with Crippen molar-refractivity contribution >= 4 is 5.97 Å². The first-order valence-corrected chi connectivity index (χ1v) is 5.38. The first-order valence-electron chi connectivity index (χ1n) is 5.38. The Morgan fingerprint density at radius 2 is 1.73 bits per heavy atom. The Labute approximate surface area is 88.9 Å². The molecule has 0 aromatic carbocycles. The van der Waals surface area contributed by atoms with Crippen molar-refractivity contribution < 1.29 is 19.4 Å². The van der Waals surface area contributed by atoms with Crippen LogP contribution in [0.5, 0.6) is 0 Å². The highest BCUT2D eigenvalue weighted by atomic mass is 16.6. The second-order valence-electron chi connectivity index (χ2n) is 4.06. The Balaban J connectivity index is 2.07. The number of aliphatic carboxylic acids is 1. The van der Waals surface area contributed by atoms with Gasteiger partial charge in [0, 0.05) is 5.57 Å². The molecule has 0 aromatic heterocycles. The lowest BCUT2D eigenvalue weighted by Crippen LogP contribution is -2.07. The van der Waals surface area contributed by atoms with Gasteiger partial charge in [0.25, 0.3) is 0 Å². The predicted molar refractivity (Wildman–Crippen MR) is 53.7 cm³/mol. The Bertz CT molecular complexity index is 271. The molecule has 2 unspecified atom stereocenters. The smallest absolute Gasteiger partial charge is 0.331 e. The lowest BCUT2D eigenvalue weighted by Gasteiger charge is -2.08. The number of carbonyl (C=O) groups is 1. The zero-order valence-corrected chi connectivity index (χ0v) is 8.86. The van der Waals surface area contributed by atoms with E-state index in [1.54, 1.807) is 0 Å². The van der Waals surface area contributed by atoms with E-state index in [1.807, 2.05) is 6.92 Å². The molecule has 2 aliphatic heterocycles. The third-order valence-corrected chi connectivity index (χ3v) is 2.79. The minimum absolute atomic E-state index is 0.250. The lowest BCUT2D eigenvalue weighted by atomic mass is 9.97. The molecule has 0 aromatic rings. The minimum atomic E-state index is -0.797. The molecule has 0 amide bonds. The van der Waals surface area contributed by atoms with Crippen LogP contribution in [0.2, 0.25) is 0 Å². The van der Waals surface area contributed by atoms with Gasteiger partial charge in [0.15, 0.2) is 0 Å². The Morgan fingerprint density at radius 3 is 2.00 bits per heavy atom. The maximum atomic E-state index is 11.0. The summed E-state index contributed by atoms with van der Waals surface area (Å²) in [7, 11) is 0. The van der Waals surface area contributed by atoms with E-state index in [2.05, 4.69) is 0 Å². The van der Waals surface area contributed by atoms with Crippen LogP contribution in [0.25, 0.3) is 0 Å². The minimum Gasteiger partial charge on any atom is -0.478 e. The van der Waals surface area contributed by atoms with Crippen molar-refractivity contribution in [2.75, 3.05) is 13.2 Å². The van der Waals surface area contributed by atoms with E-state index in [1.165, 1.54) is 0 Å². The quantitative estimate of drug-likeness (QED) is 0.533. The molecule has 0 spiro atoms. The topological polar surface area (TPSA) is 62.4 Å². The average Bonchev–Trinajstić information content (AvgIpc) is 2.98. The van der Waals surface area contributed by atoms with Gasteiger partial charge in [-0.1, -0.05) is 12.5 Å². The van der Waals surface area contributed by atoms with Crippen LogP contribution < -0.4 is 0 Å². The van der Waals surface area contributed by atoms with E-state index >= 15 is 0 Å². The molecule has 0 radical (unpaired) electrons. The van der Waals surface area contributed by atoms with Gasteiger partial charge in [0.2, 0.25) is 0 Å². The van der Waals surface area contributed by atoms with Gasteiger partial charge in [-0.25, -0.2) is 4.79 Å². The van der Waals surface area contributed by atoms with Crippen molar-refractivity contribution in [1.82, 2.24) is 0 Å². The van der Waals surface area contributed by atoms with E-state index in [-0.39, 0.29) is 12.2 Å². The fourth-order valence-electron chi connectivity index (χ4n) is 1.80. The SMILES string of the molecule is CCC(C(=O)O)=C(CC1CO1)CC1CO1. The van der Waals surface area contributed by atoms with Crippen LogP contribution in [0.1, 0.15) is 26.2 Å². The van der Waals surface area contributed by atoms with Gasteiger partial charge >= 0.3 is 5.97 Å². The third-order valence-electron chi connectivity index (χ3n) is 2.79. The summed E-state index contributed by atoms with van der Waals surface area (Å²) >= 11 is 0. The third kappa shape index (κ3) is 3.04. The van der Waals surface area contributed by atoms with Gasteiger partial charge in [0.1, 0.15) is 0 Å². The highest BCUT2D eigenvalue weighted by Gasteiger charge is 2.31. The van der Waals surface area contributed by atoms with Crippen molar-refractivity contribution in [3.05, 3.63) is 11.1 Å². The van der Waals surface area contributed by atoms with Crippen LogP contribution in [0, 0.1) is 0 Å². The molecule has 0 bridgehead atoms. The number of rotatable bonds is 6. The van der Waals surface area contributed by atoms with E-state index in [9.17, 15) is 4.79 Å². The van der Waals surface area contributed by atoms with Crippen LogP contribution in [0.3, 0.4) is 0 Å². The zero-order chi connectivity index (χ0) is 10.8. The monoisotopic (exact) mass is 212 g/mol. The Kier molecular flexibility index (Phi) is 3.07. The molecule has 1 N–H and O–H groups in total. The maximum Gasteiger partial charge on any atom is 0.331 e. The van der Waals surface area contributed by atoms with Gasteiger partial charge < -0.3 is 14.6 Å². The highest BCUT2D eigenvalue weighted by molar-refractivity contribution is 5.87. The van der Waals surface area contributed by atoms with Crippen molar-refractivity contribution in [3.63, 3.8) is 0 Å². The van der Waals surface area contributed by atoms with Crippen LogP contribution in [-0.2, 0) is 14.3 Å². The lowest BCUT2D eigenvalue weighted by molar-refractivity contribution is -0.132. The highest BCUT2D eigenvalue weighted by Crippen LogP contribution is 2.29. The van der Waals surface area contributed by atoms with Crippen molar-refractivity contribution in [3.8, 4) is 0 Å². The van der Waals surface area contributed by atoms with E-state index in [0.29, 0.717) is 12.0 Å². The number of ether oxygens (including phenoxy) is 2. The van der Waals surface area contributed by atoms with Gasteiger partial charge in [-0.15, -0.1) is 0 Å². The fraction of sp³-hybridized carbons (Fsp3) is 0.727. The summed E-state index contributed by atoms with van der Waals surface area (Å²) in [5.41, 5.74) is 1.55. The summed E-state index contributed by atoms with van der Waals surface area (Å²) in [5, 5.41) is 9.07. The molecular formula is C11H16O4. The summed E-state index contributed by atoms with van der Waals surface area (Å²) in [5.74, 6) is -0.797. The van der Waals surface area contributed by atoms with Crippen LogP contribution in [0.4, 0.5) is 0 Å². The molecule has 84 valence electrons. The second kappa shape index (κ2) is 4.33. The number of carboxylic acid groups (broad SMARTS) is 1. The van der Waals surface area contributed by atoms with E-state index in [4.69, 9.17) is 14.6 Å². The molecule has 4 nitrogen and oxygen atoms in total. The molecule has 2 heterocycles. The molecule has 0 aliphatic carbocycles. The first kappa shape index (κ1) is 10.6. The number of hydrogen-bond acceptors (Lipinski definition) is 3. The largest absolute Gasteiger partial charge is 0.478 e. The summed E-state index contributed by atoms with van der Waals surface area (Å²) in [6.45, 7) is 3.42. The fourth-order valence-corrected chi connectivity index (χ4v) is 1.80. The maximum absolute atomic E-state index is 11.0. The zero-order valence-electron chi connectivity index (χ0n) is 8.86. The van der Waals surface area contributed by atoms with E-state index in [0.717, 1.165) is 31.6 Å². The van der Waals surface area contributed by atoms with Crippen LogP contribution in [0.15, 0.2) is 11.1 Å². The van der Waals surface area contributed by atoms with Gasteiger partial charge in [0.05, 0.1) is 25.4 Å². The molecule has 2 fully saturated rings. The molecular weight excluding hydrogens is 196 g/mol. The summed E-state index contributed by atoms with van der Waals surface area (Å²) in [6.07, 6.45) is 2.59.